The standard InChI is InChI=1S/C18H19N5O3/c1-12-10-16(26-21-12)20-18(25)23-8-6-22(7-9-23)17(24)15-11-13-4-2-3-5-14(13)19-15/h2-5,10-11,19H,6-9H2,1H3,(H,20,25). The highest BCUT2D eigenvalue weighted by atomic mass is 16.5. The molecule has 1 saturated heterocycles. The predicted molar refractivity (Wildman–Crippen MR) is 96.0 cm³/mol. The minimum absolute atomic E-state index is 0.0490. The second kappa shape index (κ2) is 6.55. The van der Waals surface area contributed by atoms with Gasteiger partial charge < -0.3 is 19.3 Å². The molecule has 2 N–H and O–H groups in total. The summed E-state index contributed by atoms with van der Waals surface area (Å²) in [6, 6.07) is 11.1. The Balaban J connectivity index is 1.36. The van der Waals surface area contributed by atoms with Crippen molar-refractivity contribution in [3.63, 3.8) is 0 Å². The Bertz CT molecular complexity index is 920. The lowest BCUT2D eigenvalue weighted by atomic mass is 10.2. The third-order valence-electron chi connectivity index (χ3n) is 4.47. The van der Waals surface area contributed by atoms with Gasteiger partial charge in [0.05, 0.1) is 5.69 Å². The number of H-pyrrole nitrogens is 1. The van der Waals surface area contributed by atoms with Crippen molar-refractivity contribution < 1.29 is 14.1 Å². The SMILES string of the molecule is Cc1cc(NC(=O)N2CCN(C(=O)c3cc4ccccc4[nH]3)CC2)on1. The molecular weight excluding hydrogens is 334 g/mol. The molecule has 3 aromatic rings. The Morgan fingerprint density at radius 3 is 2.54 bits per heavy atom. The average molecular weight is 353 g/mol. The topological polar surface area (TPSA) is 94.5 Å². The first-order valence-electron chi connectivity index (χ1n) is 8.46. The van der Waals surface area contributed by atoms with Crippen molar-refractivity contribution in [3.05, 3.63) is 47.8 Å². The number of piperazine rings is 1. The van der Waals surface area contributed by atoms with Gasteiger partial charge in [0.1, 0.15) is 5.69 Å². The van der Waals surface area contributed by atoms with Crippen LogP contribution in [-0.4, -0.2) is 58.1 Å². The molecule has 3 amide bonds. The third-order valence-corrected chi connectivity index (χ3v) is 4.47. The molecule has 26 heavy (non-hydrogen) atoms. The number of benzene rings is 1. The van der Waals surface area contributed by atoms with Gasteiger partial charge in [-0.25, -0.2) is 4.79 Å². The second-order valence-corrected chi connectivity index (χ2v) is 6.31. The molecule has 3 heterocycles. The van der Waals surface area contributed by atoms with Gasteiger partial charge in [-0.1, -0.05) is 23.4 Å². The largest absolute Gasteiger partial charge is 0.351 e. The molecule has 1 fully saturated rings. The lowest BCUT2D eigenvalue weighted by Crippen LogP contribution is -2.51. The number of nitrogens with one attached hydrogen (secondary N) is 2. The van der Waals surface area contributed by atoms with Crippen molar-refractivity contribution in [2.24, 2.45) is 0 Å². The fourth-order valence-electron chi connectivity index (χ4n) is 3.08. The molecule has 0 spiro atoms. The zero-order valence-electron chi connectivity index (χ0n) is 14.4. The van der Waals surface area contributed by atoms with Gasteiger partial charge in [0.25, 0.3) is 5.91 Å². The molecule has 0 atom stereocenters. The van der Waals surface area contributed by atoms with Gasteiger partial charge in [0, 0.05) is 43.1 Å². The maximum atomic E-state index is 12.7. The number of para-hydroxylation sites is 1. The minimum atomic E-state index is -0.251. The number of rotatable bonds is 2. The minimum Gasteiger partial charge on any atom is -0.351 e. The summed E-state index contributed by atoms with van der Waals surface area (Å²) in [5.74, 6) is 0.274. The maximum absolute atomic E-state index is 12.7. The number of nitrogens with zero attached hydrogens (tertiary/aromatic N) is 3. The van der Waals surface area contributed by atoms with Crippen molar-refractivity contribution in [3.8, 4) is 0 Å². The molecule has 8 nitrogen and oxygen atoms in total. The fraction of sp³-hybridized carbons (Fsp3) is 0.278. The summed E-state index contributed by atoms with van der Waals surface area (Å²) in [4.78, 5) is 31.5. The number of aromatic amines is 1. The van der Waals surface area contributed by atoms with Crippen LogP contribution >= 0.6 is 0 Å². The molecule has 0 bridgehead atoms. The van der Waals surface area contributed by atoms with Gasteiger partial charge >= 0.3 is 6.03 Å². The summed E-state index contributed by atoms with van der Waals surface area (Å²) in [5.41, 5.74) is 2.21. The lowest BCUT2D eigenvalue weighted by Gasteiger charge is -2.34. The molecule has 1 aromatic carbocycles. The molecule has 4 rings (SSSR count). The first kappa shape index (κ1) is 16.2. The normalized spacial score (nSPS) is 14.7. The summed E-state index contributed by atoms with van der Waals surface area (Å²) in [6.07, 6.45) is 0. The van der Waals surface area contributed by atoms with Gasteiger partial charge in [-0.2, -0.15) is 0 Å². The number of anilines is 1. The van der Waals surface area contributed by atoms with Crippen LogP contribution in [0.15, 0.2) is 40.9 Å². The van der Waals surface area contributed by atoms with Crippen molar-refractivity contribution in [2.45, 2.75) is 6.92 Å². The Morgan fingerprint density at radius 1 is 1.12 bits per heavy atom. The molecule has 0 saturated carbocycles. The molecule has 1 aliphatic rings. The van der Waals surface area contributed by atoms with E-state index in [1.54, 1.807) is 22.8 Å². The van der Waals surface area contributed by atoms with Gasteiger partial charge in [-0.15, -0.1) is 0 Å². The number of carbonyl (C=O) groups excluding carboxylic acids is 2. The Morgan fingerprint density at radius 2 is 1.85 bits per heavy atom. The van der Waals surface area contributed by atoms with Gasteiger partial charge in [0.2, 0.25) is 5.88 Å². The van der Waals surface area contributed by atoms with E-state index < -0.39 is 0 Å². The summed E-state index contributed by atoms with van der Waals surface area (Å²) in [7, 11) is 0. The van der Waals surface area contributed by atoms with E-state index in [0.717, 1.165) is 10.9 Å². The molecule has 134 valence electrons. The highest BCUT2D eigenvalue weighted by molar-refractivity contribution is 5.98. The summed E-state index contributed by atoms with van der Waals surface area (Å²) < 4.78 is 4.99. The van der Waals surface area contributed by atoms with E-state index >= 15 is 0 Å². The Kier molecular flexibility index (Phi) is 4.08. The predicted octanol–water partition coefficient (Wildman–Crippen LogP) is 2.45. The average Bonchev–Trinajstić information content (AvgIpc) is 3.27. The summed E-state index contributed by atoms with van der Waals surface area (Å²) >= 11 is 0. The summed E-state index contributed by atoms with van der Waals surface area (Å²) in [6.45, 7) is 3.68. The van der Waals surface area contributed by atoms with Crippen molar-refractivity contribution in [1.29, 1.82) is 0 Å². The zero-order valence-corrected chi connectivity index (χ0v) is 14.4. The molecule has 0 unspecified atom stereocenters. The first-order chi connectivity index (χ1) is 12.6. The van der Waals surface area contributed by atoms with Crippen LogP contribution in [0.3, 0.4) is 0 Å². The lowest BCUT2D eigenvalue weighted by molar-refractivity contribution is 0.0666. The zero-order chi connectivity index (χ0) is 18.1. The van der Waals surface area contributed by atoms with Crippen LogP contribution in [0.2, 0.25) is 0 Å². The number of aromatic nitrogens is 2. The number of aryl methyl sites for hydroxylation is 1. The highest BCUT2D eigenvalue weighted by Gasteiger charge is 2.26. The van der Waals surface area contributed by atoms with E-state index in [9.17, 15) is 9.59 Å². The van der Waals surface area contributed by atoms with E-state index in [0.29, 0.717) is 43.5 Å². The first-order valence-corrected chi connectivity index (χ1v) is 8.46. The van der Waals surface area contributed by atoms with Crippen molar-refractivity contribution in [1.82, 2.24) is 19.9 Å². The van der Waals surface area contributed by atoms with E-state index in [4.69, 9.17) is 4.52 Å². The van der Waals surface area contributed by atoms with E-state index in [1.165, 1.54) is 0 Å². The smallest absolute Gasteiger partial charge is 0.324 e. The number of hydrogen-bond acceptors (Lipinski definition) is 4. The maximum Gasteiger partial charge on any atom is 0.324 e. The van der Waals surface area contributed by atoms with Crippen LogP contribution < -0.4 is 5.32 Å². The fourth-order valence-corrected chi connectivity index (χ4v) is 3.08. The molecule has 0 aliphatic carbocycles. The van der Waals surface area contributed by atoms with Crippen LogP contribution in [-0.2, 0) is 0 Å². The van der Waals surface area contributed by atoms with E-state index in [2.05, 4.69) is 15.5 Å². The van der Waals surface area contributed by atoms with Crippen LogP contribution in [0.25, 0.3) is 10.9 Å². The number of fused-ring (bicyclic) bond motifs is 1. The van der Waals surface area contributed by atoms with Crippen molar-refractivity contribution in [2.75, 3.05) is 31.5 Å². The number of urea groups is 1. The molecule has 2 aromatic heterocycles. The second-order valence-electron chi connectivity index (χ2n) is 6.31. The Labute approximate surface area is 149 Å². The summed E-state index contributed by atoms with van der Waals surface area (Å²) in [5, 5.41) is 7.42. The molecule has 8 heteroatoms. The van der Waals surface area contributed by atoms with E-state index in [-0.39, 0.29) is 11.9 Å². The van der Waals surface area contributed by atoms with E-state index in [1.807, 2.05) is 30.3 Å². The monoisotopic (exact) mass is 353 g/mol. The third kappa shape index (κ3) is 3.13. The van der Waals surface area contributed by atoms with Gasteiger partial charge in [-0.05, 0) is 19.1 Å². The molecular formula is C18H19N5O3. The number of carbonyl (C=O) groups is 2. The number of amides is 3. The van der Waals surface area contributed by atoms with Crippen molar-refractivity contribution >= 4 is 28.7 Å². The van der Waals surface area contributed by atoms with Crippen LogP contribution in [0.4, 0.5) is 10.7 Å². The van der Waals surface area contributed by atoms with Gasteiger partial charge in [0.15, 0.2) is 0 Å². The highest BCUT2D eigenvalue weighted by Crippen LogP contribution is 2.17. The van der Waals surface area contributed by atoms with Gasteiger partial charge in [-0.3, -0.25) is 10.1 Å². The van der Waals surface area contributed by atoms with Crippen LogP contribution in [0.5, 0.6) is 0 Å². The quantitative estimate of drug-likeness (QED) is 0.740. The Hall–Kier alpha value is -3.29. The number of hydrogen-bond donors (Lipinski definition) is 2. The van der Waals surface area contributed by atoms with Crippen LogP contribution in [0.1, 0.15) is 16.2 Å². The molecule has 0 radical (unpaired) electrons. The molecule has 1 aliphatic heterocycles. The van der Waals surface area contributed by atoms with Crippen LogP contribution in [0, 0.1) is 6.92 Å².